The van der Waals surface area contributed by atoms with Crippen molar-refractivity contribution in [3.63, 3.8) is 0 Å². The molecule has 12 atom stereocenters. The Morgan fingerprint density at radius 1 is 1.03 bits per heavy atom. The highest BCUT2D eigenvalue weighted by atomic mass is 16.5. The summed E-state index contributed by atoms with van der Waals surface area (Å²) in [7, 11) is 0. The van der Waals surface area contributed by atoms with E-state index in [0.717, 1.165) is 19.3 Å². The van der Waals surface area contributed by atoms with Crippen molar-refractivity contribution in [1.82, 2.24) is 0 Å². The summed E-state index contributed by atoms with van der Waals surface area (Å²) in [4.78, 5) is 24.9. The summed E-state index contributed by atoms with van der Waals surface area (Å²) in [6.45, 7) is 16.9. The van der Waals surface area contributed by atoms with E-state index in [9.17, 15) is 24.9 Å². The summed E-state index contributed by atoms with van der Waals surface area (Å²) in [6.07, 6.45) is 4.39. The summed E-state index contributed by atoms with van der Waals surface area (Å²) >= 11 is 0. The molecule has 5 aliphatic carbocycles. The molecule has 6 heteroatoms. The van der Waals surface area contributed by atoms with Gasteiger partial charge in [-0.2, -0.15) is 0 Å². The van der Waals surface area contributed by atoms with Crippen LogP contribution in [0.2, 0.25) is 0 Å². The molecule has 0 amide bonds. The van der Waals surface area contributed by atoms with Gasteiger partial charge in [0.1, 0.15) is 12.4 Å². The lowest BCUT2D eigenvalue weighted by atomic mass is 9.33. The Bertz CT molecular complexity index is 1050. The minimum Gasteiger partial charge on any atom is -0.465 e. The maximum Gasteiger partial charge on any atom is 0.302 e. The number of carbonyl (C=O) groups is 2. The molecule has 0 bridgehead atoms. The maximum atomic E-state index is 13.0. The molecule has 0 aromatic rings. The fraction of sp³-hybridized carbons (Fsp3) is 0.875. The normalized spacial score (nSPS) is 53.6. The Morgan fingerprint density at radius 2 is 1.68 bits per heavy atom. The zero-order valence-corrected chi connectivity index (χ0v) is 24.7. The molecule has 38 heavy (non-hydrogen) atoms. The zero-order chi connectivity index (χ0) is 28.2. The van der Waals surface area contributed by atoms with Crippen LogP contribution in [0, 0.1) is 56.7 Å². The molecule has 0 unspecified atom stereocenters. The third-order valence-corrected chi connectivity index (χ3v) is 13.5. The van der Waals surface area contributed by atoms with E-state index in [-0.39, 0.29) is 58.3 Å². The highest BCUT2D eigenvalue weighted by Gasteiger charge is 2.72. The van der Waals surface area contributed by atoms with Crippen LogP contribution in [-0.4, -0.2) is 52.0 Å². The van der Waals surface area contributed by atoms with Gasteiger partial charge < -0.3 is 20.1 Å². The van der Waals surface area contributed by atoms with E-state index in [1.54, 1.807) is 0 Å². The lowest BCUT2D eigenvalue weighted by molar-refractivity contribution is -0.237. The van der Waals surface area contributed by atoms with Gasteiger partial charge in [0.15, 0.2) is 0 Å². The topological polar surface area (TPSA) is 104 Å². The van der Waals surface area contributed by atoms with Crippen LogP contribution in [0.15, 0.2) is 11.6 Å². The Kier molecular flexibility index (Phi) is 6.43. The summed E-state index contributed by atoms with van der Waals surface area (Å²) in [5.41, 5.74) is -0.502. The van der Waals surface area contributed by atoms with Gasteiger partial charge in [0.2, 0.25) is 0 Å². The lowest BCUT2D eigenvalue weighted by Gasteiger charge is -2.72. The number of ether oxygens (including phenoxy) is 1. The van der Waals surface area contributed by atoms with E-state index in [4.69, 9.17) is 4.74 Å². The van der Waals surface area contributed by atoms with Gasteiger partial charge in [0.05, 0.1) is 18.3 Å². The SMILES string of the molecule is CC(=O)OC[C@@]12CC[C@]3(C)C(=CC[C@@H]4[C@@]5(C)CCC(=O)C(C)(C)[C@@H]5[C@H](O)C[C@]43C)[C@@H]1[C@@H](C)[C@H](C)[C@@H](O)[C@H]2O. The van der Waals surface area contributed by atoms with Gasteiger partial charge in [-0.3, -0.25) is 9.59 Å². The van der Waals surface area contributed by atoms with Crippen LogP contribution in [0.1, 0.15) is 93.9 Å². The van der Waals surface area contributed by atoms with Crippen molar-refractivity contribution in [2.24, 2.45) is 56.7 Å². The Hall–Kier alpha value is -1.24. The predicted octanol–water partition coefficient (Wildman–Crippen LogP) is 4.69. The highest BCUT2D eigenvalue weighted by Crippen LogP contribution is 2.75. The third kappa shape index (κ3) is 3.35. The second-order valence-electron chi connectivity index (χ2n) is 15.2. The van der Waals surface area contributed by atoms with Crippen LogP contribution in [0.4, 0.5) is 0 Å². The number of esters is 1. The van der Waals surface area contributed by atoms with E-state index in [1.807, 2.05) is 20.8 Å². The van der Waals surface area contributed by atoms with Crippen molar-refractivity contribution in [2.45, 2.75) is 112 Å². The Balaban J connectivity index is 1.64. The number of aliphatic hydroxyl groups excluding tert-OH is 3. The van der Waals surface area contributed by atoms with Crippen LogP contribution in [0.5, 0.6) is 0 Å². The average Bonchev–Trinajstić information content (AvgIpc) is 2.82. The van der Waals surface area contributed by atoms with Gasteiger partial charge in [0.25, 0.3) is 0 Å². The highest BCUT2D eigenvalue weighted by molar-refractivity contribution is 5.85. The molecule has 214 valence electrons. The maximum absolute atomic E-state index is 13.0. The number of Topliss-reactive ketones (excluding diaryl/α,β-unsaturated/α-hetero) is 1. The smallest absolute Gasteiger partial charge is 0.302 e. The number of carbonyl (C=O) groups excluding carboxylic acids is 2. The molecule has 4 fully saturated rings. The molecule has 6 nitrogen and oxygen atoms in total. The van der Waals surface area contributed by atoms with E-state index >= 15 is 0 Å². The summed E-state index contributed by atoms with van der Waals surface area (Å²) in [5.74, 6) is 0.136. The molecule has 3 N–H and O–H groups in total. The van der Waals surface area contributed by atoms with E-state index in [0.29, 0.717) is 25.2 Å². The summed E-state index contributed by atoms with van der Waals surface area (Å²) < 4.78 is 5.62. The molecule has 0 saturated heterocycles. The molecule has 0 radical (unpaired) electrons. The van der Waals surface area contributed by atoms with Crippen molar-refractivity contribution < 1.29 is 29.6 Å². The number of fused-ring (bicyclic) bond motifs is 7. The van der Waals surface area contributed by atoms with Crippen molar-refractivity contribution >= 4 is 11.8 Å². The van der Waals surface area contributed by atoms with Crippen LogP contribution in [0.3, 0.4) is 0 Å². The fourth-order valence-electron chi connectivity index (χ4n) is 11.2. The van der Waals surface area contributed by atoms with Gasteiger partial charge in [-0.25, -0.2) is 0 Å². The van der Waals surface area contributed by atoms with E-state index in [2.05, 4.69) is 33.8 Å². The van der Waals surface area contributed by atoms with Crippen LogP contribution in [0.25, 0.3) is 0 Å². The molecule has 0 spiro atoms. The molecule has 0 aromatic carbocycles. The molecule has 0 aliphatic heterocycles. The quantitative estimate of drug-likeness (QED) is 0.354. The largest absolute Gasteiger partial charge is 0.465 e. The second kappa shape index (κ2) is 8.63. The van der Waals surface area contributed by atoms with Crippen LogP contribution >= 0.6 is 0 Å². The van der Waals surface area contributed by atoms with Gasteiger partial charge in [-0.05, 0) is 72.0 Å². The standard InChI is InChI=1S/C32H50O6/c1-17-18(2)25(36)27(37)32(16-38-19(3)33)14-13-30(7)20(24(17)32)9-10-22-29(6)12-11-23(35)28(4,5)26(29)21(34)15-31(22,30)8/h9,17-18,21-22,24-27,34,36-37H,10-16H2,1-8H3/t17-,18-,21+,22+,24-,25+,26-,27+,29+,30+,31+,32-/m0/s1. The number of hydrogen-bond acceptors (Lipinski definition) is 6. The molecule has 4 saturated carbocycles. The summed E-state index contributed by atoms with van der Waals surface area (Å²) in [6, 6.07) is 0. The van der Waals surface area contributed by atoms with Crippen molar-refractivity contribution in [1.29, 1.82) is 0 Å². The fourth-order valence-corrected chi connectivity index (χ4v) is 11.2. The molecule has 0 heterocycles. The predicted molar refractivity (Wildman–Crippen MR) is 145 cm³/mol. The van der Waals surface area contributed by atoms with E-state index in [1.165, 1.54) is 12.5 Å². The first-order valence-corrected chi connectivity index (χ1v) is 14.9. The molecule has 0 aromatic heterocycles. The second-order valence-corrected chi connectivity index (χ2v) is 15.2. The Labute approximate surface area is 228 Å². The van der Waals surface area contributed by atoms with Crippen LogP contribution in [-0.2, 0) is 14.3 Å². The lowest BCUT2D eigenvalue weighted by Crippen LogP contribution is -2.70. The molecular weight excluding hydrogens is 480 g/mol. The van der Waals surface area contributed by atoms with Gasteiger partial charge in [-0.1, -0.05) is 60.1 Å². The first-order valence-electron chi connectivity index (χ1n) is 14.9. The first-order chi connectivity index (χ1) is 17.5. The monoisotopic (exact) mass is 530 g/mol. The zero-order valence-electron chi connectivity index (χ0n) is 24.7. The van der Waals surface area contributed by atoms with Crippen molar-refractivity contribution in [2.75, 3.05) is 6.61 Å². The number of aliphatic hydroxyl groups is 3. The number of hydrogen-bond donors (Lipinski definition) is 3. The van der Waals surface area contributed by atoms with Crippen molar-refractivity contribution in [3.05, 3.63) is 11.6 Å². The van der Waals surface area contributed by atoms with E-state index < -0.39 is 29.1 Å². The van der Waals surface area contributed by atoms with Crippen LogP contribution < -0.4 is 0 Å². The minimum absolute atomic E-state index is 0.0289. The number of rotatable bonds is 2. The minimum atomic E-state index is -0.974. The number of ketones is 1. The van der Waals surface area contributed by atoms with Gasteiger partial charge in [-0.15, -0.1) is 0 Å². The van der Waals surface area contributed by atoms with Crippen molar-refractivity contribution in [3.8, 4) is 0 Å². The molecular formula is C32H50O6. The summed E-state index contributed by atoms with van der Waals surface area (Å²) in [5, 5.41) is 34.5. The first kappa shape index (κ1) is 28.3. The van der Waals surface area contributed by atoms with Gasteiger partial charge >= 0.3 is 5.97 Å². The molecule has 5 aliphatic rings. The van der Waals surface area contributed by atoms with Gasteiger partial charge in [0, 0.05) is 30.1 Å². The number of allylic oxidation sites excluding steroid dienone is 2. The third-order valence-electron chi connectivity index (χ3n) is 13.5. The molecule has 5 rings (SSSR count). The average molecular weight is 531 g/mol. The Morgan fingerprint density at radius 3 is 2.32 bits per heavy atom.